The maximum Gasteiger partial charge on any atom is 0.150 e. The smallest absolute Gasteiger partial charge is 0.150 e. The van der Waals surface area contributed by atoms with Crippen molar-refractivity contribution in [2.45, 2.75) is 13.8 Å². The Morgan fingerprint density at radius 2 is 1.47 bits per heavy atom. The third kappa shape index (κ3) is 4.79. The maximum atomic E-state index is 12.9. The molecule has 0 saturated carbocycles. The quantitative estimate of drug-likeness (QED) is 0.288. The van der Waals surface area contributed by atoms with Crippen molar-refractivity contribution in [2.75, 3.05) is 0 Å². The summed E-state index contributed by atoms with van der Waals surface area (Å²) in [5.41, 5.74) is 1.85. The van der Waals surface area contributed by atoms with E-state index in [0.29, 0.717) is 12.5 Å². The Kier molecular flexibility index (Phi) is 6.90. The molecule has 0 bridgehead atoms. The van der Waals surface area contributed by atoms with E-state index < -0.39 is 0 Å². The van der Waals surface area contributed by atoms with Crippen LogP contribution in [0.2, 0.25) is 0 Å². The van der Waals surface area contributed by atoms with E-state index in [2.05, 4.69) is 31.9 Å². The molecule has 2 aromatic rings. The summed E-state index contributed by atoms with van der Waals surface area (Å²) in [4.78, 5) is 0. The fourth-order valence-electron chi connectivity index (χ4n) is 1.23. The van der Waals surface area contributed by atoms with E-state index in [1.165, 1.54) is 6.07 Å². The van der Waals surface area contributed by atoms with Gasteiger partial charge in [-0.3, -0.25) is 0 Å². The molecule has 0 aromatic heterocycles. The van der Waals surface area contributed by atoms with Crippen molar-refractivity contribution >= 4 is 54.5 Å². The highest BCUT2D eigenvalue weighted by atomic mass is 127. The van der Waals surface area contributed by atoms with E-state index in [1.807, 2.05) is 48.6 Å². The van der Waals surface area contributed by atoms with Crippen molar-refractivity contribution in [3.63, 3.8) is 0 Å². The van der Waals surface area contributed by atoms with Crippen LogP contribution in [-0.2, 0) is 0 Å². The number of benzene rings is 2. The van der Waals surface area contributed by atoms with Gasteiger partial charge >= 0.3 is 0 Å². The monoisotopic (exact) mass is 502 g/mol. The molecular weight excluding hydrogens is 493 g/mol. The molecule has 5 heteroatoms. The lowest BCUT2D eigenvalue weighted by molar-refractivity contribution is 0.612. The third-order valence-electron chi connectivity index (χ3n) is 2.37. The molecule has 0 amide bonds. The topological polar surface area (TPSA) is 0 Å². The van der Waals surface area contributed by atoms with E-state index in [0.717, 1.165) is 11.1 Å². The average Bonchev–Trinajstić information content (AvgIpc) is 2.39. The minimum Gasteiger partial charge on any atom is -0.206 e. The van der Waals surface area contributed by atoms with Crippen LogP contribution >= 0.6 is 54.5 Å². The van der Waals surface area contributed by atoms with Crippen LogP contribution in [0, 0.1) is 29.1 Å². The summed E-state index contributed by atoms with van der Waals surface area (Å²) in [5, 5.41) is 0. The molecule has 0 fully saturated rings. The van der Waals surface area contributed by atoms with Gasteiger partial charge in [-0.2, -0.15) is 0 Å². The van der Waals surface area contributed by atoms with Crippen molar-refractivity contribution in [1.82, 2.24) is 0 Å². The summed E-state index contributed by atoms with van der Waals surface area (Å²) >= 11 is 8.22. The second-order valence-corrected chi connectivity index (χ2v) is 6.61. The van der Waals surface area contributed by atoms with Gasteiger partial charge in [-0.25, -0.2) is 8.78 Å². The van der Waals surface area contributed by atoms with Crippen molar-refractivity contribution in [3.8, 4) is 0 Å². The highest BCUT2D eigenvalue weighted by molar-refractivity contribution is 14.1. The van der Waals surface area contributed by atoms with Gasteiger partial charge in [-0.05, 0) is 91.6 Å². The Balaban J connectivity index is 0.000000191. The lowest BCUT2D eigenvalue weighted by atomic mass is 10.2. The molecule has 19 heavy (non-hydrogen) atoms. The predicted molar refractivity (Wildman–Crippen MR) is 90.4 cm³/mol. The van der Waals surface area contributed by atoms with E-state index in [9.17, 15) is 8.78 Å². The molecule has 0 N–H and O–H groups in total. The van der Waals surface area contributed by atoms with Gasteiger partial charge in [0.15, 0.2) is 5.82 Å². The van der Waals surface area contributed by atoms with Crippen molar-refractivity contribution < 1.29 is 8.78 Å². The molecular formula is C14H11Br2F2I. The summed E-state index contributed by atoms with van der Waals surface area (Å²) in [6.07, 6.45) is 0. The van der Waals surface area contributed by atoms with E-state index >= 15 is 0 Å². The lowest BCUT2D eigenvalue weighted by Gasteiger charge is -1.99. The van der Waals surface area contributed by atoms with Gasteiger partial charge in [-0.1, -0.05) is 18.2 Å². The van der Waals surface area contributed by atoms with Crippen LogP contribution < -0.4 is 0 Å². The Labute approximate surface area is 142 Å². The number of halogens is 5. The standard InChI is InChI=1S/C7H5BrFI.C7H6BrF/c1-4-2-3-5(10)7(9)6(4)8;1-5-3-2-4-6(9)7(5)8/h2-3H,1H3;2-4H,1H3. The second-order valence-electron chi connectivity index (χ2n) is 3.86. The second kappa shape index (κ2) is 7.69. The van der Waals surface area contributed by atoms with Crippen LogP contribution in [0.5, 0.6) is 0 Å². The van der Waals surface area contributed by atoms with Gasteiger partial charge in [0.05, 0.1) is 8.95 Å². The number of aryl methyl sites for hydroxylation is 2. The van der Waals surface area contributed by atoms with Crippen LogP contribution in [-0.4, -0.2) is 0 Å². The molecule has 0 unspecified atom stereocenters. The van der Waals surface area contributed by atoms with Gasteiger partial charge < -0.3 is 0 Å². The summed E-state index contributed by atoms with van der Waals surface area (Å²) in [6.45, 7) is 3.72. The van der Waals surface area contributed by atoms with Crippen molar-refractivity contribution in [3.05, 3.63) is 65.6 Å². The number of hydrogen-bond acceptors (Lipinski definition) is 0. The molecule has 0 aliphatic heterocycles. The molecule has 0 atom stereocenters. The van der Waals surface area contributed by atoms with Crippen molar-refractivity contribution in [1.29, 1.82) is 0 Å². The molecule has 2 aromatic carbocycles. The van der Waals surface area contributed by atoms with Crippen LogP contribution in [0.1, 0.15) is 11.1 Å². The summed E-state index contributed by atoms with van der Waals surface area (Å²) in [6, 6.07) is 8.62. The first-order valence-corrected chi connectivity index (χ1v) is 8.01. The van der Waals surface area contributed by atoms with Gasteiger partial charge in [0.2, 0.25) is 0 Å². The van der Waals surface area contributed by atoms with Crippen LogP contribution in [0.3, 0.4) is 0 Å². The average molecular weight is 504 g/mol. The van der Waals surface area contributed by atoms with Gasteiger partial charge in [0.1, 0.15) is 5.82 Å². The summed E-state index contributed by atoms with van der Waals surface area (Å²) in [7, 11) is 0. The highest BCUT2D eigenvalue weighted by Gasteiger charge is 2.04. The van der Waals surface area contributed by atoms with E-state index in [-0.39, 0.29) is 11.6 Å². The molecule has 102 valence electrons. The molecule has 0 nitrogen and oxygen atoms in total. The first-order chi connectivity index (χ1) is 8.84. The maximum absolute atomic E-state index is 12.9. The fraction of sp³-hybridized carbons (Fsp3) is 0.143. The van der Waals surface area contributed by atoms with Crippen LogP contribution in [0.4, 0.5) is 8.78 Å². The summed E-state index contributed by atoms with van der Waals surface area (Å²) < 4.78 is 27.2. The molecule has 0 aliphatic rings. The molecule has 0 radical (unpaired) electrons. The normalized spacial score (nSPS) is 9.84. The Bertz CT molecular complexity index is 539. The van der Waals surface area contributed by atoms with E-state index in [1.54, 1.807) is 12.1 Å². The van der Waals surface area contributed by atoms with Gasteiger partial charge in [0, 0.05) is 3.57 Å². The molecule has 0 aliphatic carbocycles. The minimum absolute atomic E-state index is 0.166. The van der Waals surface area contributed by atoms with Gasteiger partial charge in [-0.15, -0.1) is 0 Å². The lowest BCUT2D eigenvalue weighted by Crippen LogP contribution is -1.85. The SMILES string of the molecule is Cc1ccc(I)c(F)c1Br.Cc1cccc(F)c1Br. The van der Waals surface area contributed by atoms with Crippen LogP contribution in [0.25, 0.3) is 0 Å². The van der Waals surface area contributed by atoms with Gasteiger partial charge in [0.25, 0.3) is 0 Å². The minimum atomic E-state index is -0.199. The fourth-order valence-corrected chi connectivity index (χ4v) is 2.66. The zero-order valence-corrected chi connectivity index (χ0v) is 15.6. The molecule has 0 saturated heterocycles. The first-order valence-electron chi connectivity index (χ1n) is 5.35. The zero-order valence-electron chi connectivity index (χ0n) is 10.3. The summed E-state index contributed by atoms with van der Waals surface area (Å²) in [5.74, 6) is -0.365. The molecule has 0 heterocycles. The Morgan fingerprint density at radius 3 is 1.95 bits per heavy atom. The zero-order chi connectivity index (χ0) is 14.6. The van der Waals surface area contributed by atoms with Crippen LogP contribution in [0.15, 0.2) is 39.3 Å². The highest BCUT2D eigenvalue weighted by Crippen LogP contribution is 2.23. The molecule has 0 spiro atoms. The van der Waals surface area contributed by atoms with E-state index in [4.69, 9.17) is 0 Å². The predicted octanol–water partition coefficient (Wildman–Crippen LogP) is 6.40. The Morgan fingerprint density at radius 1 is 0.895 bits per heavy atom. The number of hydrogen-bond donors (Lipinski definition) is 0. The number of rotatable bonds is 0. The third-order valence-corrected chi connectivity index (χ3v) is 5.18. The Hall–Kier alpha value is -0.0100. The van der Waals surface area contributed by atoms with Crippen molar-refractivity contribution in [2.24, 2.45) is 0 Å². The first kappa shape index (κ1) is 17.0. The molecule has 2 rings (SSSR count). The largest absolute Gasteiger partial charge is 0.206 e.